The van der Waals surface area contributed by atoms with Gasteiger partial charge in [0.2, 0.25) is 21.8 Å². The van der Waals surface area contributed by atoms with E-state index < -0.39 is 28.5 Å². The van der Waals surface area contributed by atoms with Crippen molar-refractivity contribution >= 4 is 39.1 Å². The third-order valence-electron chi connectivity index (χ3n) is 5.49. The first kappa shape index (κ1) is 27.7. The molecule has 0 spiro atoms. The third kappa shape index (κ3) is 7.46. The van der Waals surface area contributed by atoms with Gasteiger partial charge in [-0.2, -0.15) is 0 Å². The molecule has 0 heterocycles. The van der Waals surface area contributed by atoms with Crippen molar-refractivity contribution in [2.24, 2.45) is 5.92 Å². The number of rotatable bonds is 10. The van der Waals surface area contributed by atoms with Gasteiger partial charge in [-0.15, -0.1) is 0 Å². The normalized spacial score (nSPS) is 12.4. The molecular weight excluding hydrogens is 474 g/mol. The fraction of sp³-hybridized carbons (Fsp3) is 0.440. The Hall–Kier alpha value is -2.58. The molecule has 1 atom stereocenters. The first-order valence-electron chi connectivity index (χ1n) is 11.2. The van der Waals surface area contributed by atoms with Gasteiger partial charge < -0.3 is 10.2 Å². The molecule has 34 heavy (non-hydrogen) atoms. The zero-order valence-corrected chi connectivity index (χ0v) is 22.2. The summed E-state index contributed by atoms with van der Waals surface area (Å²) in [5, 5.41) is 3.42. The van der Waals surface area contributed by atoms with Crippen molar-refractivity contribution in [3.05, 3.63) is 64.2 Å². The topological polar surface area (TPSA) is 86.8 Å². The van der Waals surface area contributed by atoms with Gasteiger partial charge in [0.15, 0.2) is 0 Å². The summed E-state index contributed by atoms with van der Waals surface area (Å²) in [7, 11) is -3.77. The molecule has 2 amide bonds. The minimum Gasteiger partial charge on any atom is -0.354 e. The van der Waals surface area contributed by atoms with E-state index in [1.165, 1.54) is 4.90 Å². The number of aryl methyl sites for hydroxylation is 2. The number of amides is 2. The van der Waals surface area contributed by atoms with Gasteiger partial charge in [-0.25, -0.2) is 8.42 Å². The lowest BCUT2D eigenvalue weighted by molar-refractivity contribution is -0.139. The first-order chi connectivity index (χ1) is 15.8. The Bertz CT molecular complexity index is 1100. The van der Waals surface area contributed by atoms with Crippen molar-refractivity contribution in [1.82, 2.24) is 10.2 Å². The van der Waals surface area contributed by atoms with Crippen LogP contribution in [0.3, 0.4) is 0 Å². The van der Waals surface area contributed by atoms with Crippen LogP contribution in [-0.2, 0) is 26.2 Å². The van der Waals surface area contributed by atoms with Crippen LogP contribution in [0, 0.1) is 19.8 Å². The summed E-state index contributed by atoms with van der Waals surface area (Å²) in [4.78, 5) is 27.8. The van der Waals surface area contributed by atoms with Crippen LogP contribution in [-0.4, -0.2) is 50.5 Å². The van der Waals surface area contributed by atoms with Crippen molar-refractivity contribution in [3.63, 3.8) is 0 Å². The summed E-state index contributed by atoms with van der Waals surface area (Å²) in [5.41, 5.74) is 2.73. The van der Waals surface area contributed by atoms with Crippen molar-refractivity contribution in [2.45, 2.75) is 47.2 Å². The number of benzene rings is 2. The summed E-state index contributed by atoms with van der Waals surface area (Å²) < 4.78 is 26.6. The first-order valence-corrected chi connectivity index (χ1v) is 13.4. The standard InChI is InChI=1S/C25H34ClN3O4S/c1-17(2)14-27-25(31)20(5)28(15-21-10-12-22(26)13-11-21)23(30)16-29(34(6,32)33)24-18(3)8-7-9-19(24)4/h7-13,17,20H,14-16H2,1-6H3,(H,27,31)/t20-/m0/s1. The number of hydrogen-bond acceptors (Lipinski definition) is 4. The molecule has 9 heteroatoms. The molecule has 0 aliphatic heterocycles. The summed E-state index contributed by atoms with van der Waals surface area (Å²) >= 11 is 5.99. The number of nitrogens with zero attached hydrogens (tertiary/aromatic N) is 2. The number of para-hydroxylation sites is 1. The van der Waals surface area contributed by atoms with E-state index in [4.69, 9.17) is 11.6 Å². The van der Waals surface area contributed by atoms with Crippen LogP contribution in [0.15, 0.2) is 42.5 Å². The number of hydrogen-bond donors (Lipinski definition) is 1. The number of anilines is 1. The maximum absolute atomic E-state index is 13.6. The number of nitrogens with one attached hydrogen (secondary N) is 1. The van der Waals surface area contributed by atoms with Crippen LogP contribution < -0.4 is 9.62 Å². The van der Waals surface area contributed by atoms with Crippen LogP contribution >= 0.6 is 11.6 Å². The van der Waals surface area contributed by atoms with E-state index in [2.05, 4.69) is 5.32 Å². The lowest BCUT2D eigenvalue weighted by Crippen LogP contribution is -2.51. The van der Waals surface area contributed by atoms with Crippen molar-refractivity contribution in [2.75, 3.05) is 23.7 Å². The second-order valence-corrected chi connectivity index (χ2v) is 11.3. The molecule has 7 nitrogen and oxygen atoms in total. The highest BCUT2D eigenvalue weighted by molar-refractivity contribution is 7.92. The smallest absolute Gasteiger partial charge is 0.244 e. The SMILES string of the molecule is Cc1cccc(C)c1N(CC(=O)N(Cc1ccc(Cl)cc1)[C@@H](C)C(=O)NCC(C)C)S(C)(=O)=O. The molecule has 0 unspecified atom stereocenters. The average Bonchev–Trinajstić information content (AvgIpc) is 2.74. The van der Waals surface area contributed by atoms with E-state index >= 15 is 0 Å². The van der Waals surface area contributed by atoms with E-state index in [0.29, 0.717) is 17.3 Å². The minimum atomic E-state index is -3.77. The molecule has 1 N–H and O–H groups in total. The van der Waals surface area contributed by atoms with Crippen molar-refractivity contribution in [1.29, 1.82) is 0 Å². The molecule has 0 fully saturated rings. The monoisotopic (exact) mass is 507 g/mol. The van der Waals surface area contributed by atoms with E-state index in [-0.39, 0.29) is 18.4 Å². The van der Waals surface area contributed by atoms with Gasteiger partial charge in [-0.05, 0) is 55.5 Å². The highest BCUT2D eigenvalue weighted by Crippen LogP contribution is 2.27. The van der Waals surface area contributed by atoms with Gasteiger partial charge in [0, 0.05) is 18.1 Å². The predicted molar refractivity (Wildman–Crippen MR) is 137 cm³/mol. The Morgan fingerprint density at radius 3 is 2.06 bits per heavy atom. The van der Waals surface area contributed by atoms with Crippen LogP contribution in [0.25, 0.3) is 0 Å². The summed E-state index contributed by atoms with van der Waals surface area (Å²) in [6, 6.07) is 11.6. The lowest BCUT2D eigenvalue weighted by atomic mass is 10.1. The Morgan fingerprint density at radius 2 is 1.56 bits per heavy atom. The summed E-state index contributed by atoms with van der Waals surface area (Å²) in [6.45, 7) is 9.41. The van der Waals surface area contributed by atoms with E-state index in [1.54, 1.807) is 57.2 Å². The number of sulfonamides is 1. The van der Waals surface area contributed by atoms with Gasteiger partial charge >= 0.3 is 0 Å². The van der Waals surface area contributed by atoms with E-state index in [9.17, 15) is 18.0 Å². The van der Waals surface area contributed by atoms with Gasteiger partial charge in [-0.3, -0.25) is 13.9 Å². The molecule has 0 saturated carbocycles. The number of halogens is 1. The zero-order valence-electron chi connectivity index (χ0n) is 20.6. The largest absolute Gasteiger partial charge is 0.354 e. The fourth-order valence-electron chi connectivity index (χ4n) is 3.60. The van der Waals surface area contributed by atoms with Crippen molar-refractivity contribution in [3.8, 4) is 0 Å². The van der Waals surface area contributed by atoms with Crippen LogP contribution in [0.5, 0.6) is 0 Å². The molecule has 2 aromatic carbocycles. The quantitative estimate of drug-likeness (QED) is 0.528. The number of carbonyl (C=O) groups excluding carboxylic acids is 2. The molecule has 2 rings (SSSR count). The Balaban J connectivity index is 2.41. The molecule has 0 radical (unpaired) electrons. The summed E-state index contributed by atoms with van der Waals surface area (Å²) in [5.74, 6) is -0.523. The Kier molecular flexibility index (Phi) is 9.53. The minimum absolute atomic E-state index is 0.136. The molecule has 186 valence electrons. The van der Waals surface area contributed by atoms with Gasteiger partial charge in [0.05, 0.1) is 11.9 Å². The molecule has 0 aliphatic carbocycles. The maximum Gasteiger partial charge on any atom is 0.244 e. The van der Waals surface area contributed by atoms with E-state index in [0.717, 1.165) is 27.3 Å². The highest BCUT2D eigenvalue weighted by atomic mass is 35.5. The molecule has 0 aliphatic rings. The molecule has 0 saturated heterocycles. The van der Waals surface area contributed by atoms with Crippen LogP contribution in [0.1, 0.15) is 37.5 Å². The van der Waals surface area contributed by atoms with Gasteiger partial charge in [0.1, 0.15) is 12.6 Å². The van der Waals surface area contributed by atoms with Gasteiger partial charge in [-0.1, -0.05) is 55.8 Å². The van der Waals surface area contributed by atoms with E-state index in [1.807, 2.05) is 19.9 Å². The maximum atomic E-state index is 13.6. The molecule has 0 aromatic heterocycles. The fourth-order valence-corrected chi connectivity index (χ4v) is 4.69. The molecular formula is C25H34ClN3O4S. The highest BCUT2D eigenvalue weighted by Gasteiger charge is 2.31. The molecule has 0 bridgehead atoms. The number of carbonyl (C=O) groups is 2. The predicted octanol–water partition coefficient (Wildman–Crippen LogP) is 3.91. The second kappa shape index (κ2) is 11.7. The van der Waals surface area contributed by atoms with Crippen molar-refractivity contribution < 1.29 is 18.0 Å². The van der Waals surface area contributed by atoms with Gasteiger partial charge in [0.25, 0.3) is 0 Å². The lowest BCUT2D eigenvalue weighted by Gasteiger charge is -2.32. The van der Waals surface area contributed by atoms with Crippen LogP contribution in [0.4, 0.5) is 5.69 Å². The second-order valence-electron chi connectivity index (χ2n) is 8.97. The Morgan fingerprint density at radius 1 is 1.00 bits per heavy atom. The zero-order chi connectivity index (χ0) is 25.6. The van der Waals surface area contributed by atoms with Crippen LogP contribution in [0.2, 0.25) is 5.02 Å². The third-order valence-corrected chi connectivity index (χ3v) is 6.85. The average molecular weight is 508 g/mol. The summed E-state index contributed by atoms with van der Waals surface area (Å²) in [6.07, 6.45) is 1.08. The Labute approximate surface area is 208 Å². The molecule has 2 aromatic rings.